The molecule has 10 heavy (non-hydrogen) atoms. The van der Waals surface area contributed by atoms with Crippen LogP contribution >= 0.6 is 0 Å². The molecule has 0 amide bonds. The third-order valence-electron chi connectivity index (χ3n) is 2.87. The molecular weight excluding hydrogens is 191 g/mol. The molecule has 56 valence electrons. The van der Waals surface area contributed by atoms with Crippen molar-refractivity contribution in [3.63, 3.8) is 0 Å². The van der Waals surface area contributed by atoms with E-state index in [4.69, 9.17) is 4.74 Å². The van der Waals surface area contributed by atoms with Crippen molar-refractivity contribution in [2.45, 2.75) is 47.5 Å². The molecule has 4 fully saturated rings. The molecule has 4 rings (SSSR count). The number of hydrogen-bond acceptors (Lipinski definition) is 1. The fourth-order valence-electron chi connectivity index (χ4n) is 2.55. The minimum absolute atomic E-state index is 0.693. The van der Waals surface area contributed by atoms with Gasteiger partial charge in [-0.3, -0.25) is 0 Å². The van der Waals surface area contributed by atoms with Gasteiger partial charge >= 0.3 is 67.2 Å². The third-order valence-corrected chi connectivity index (χ3v) is 6.10. The second-order valence-corrected chi connectivity index (χ2v) is 7.07. The van der Waals surface area contributed by atoms with Gasteiger partial charge in [0.1, 0.15) is 0 Å². The molecule has 0 aromatic heterocycles. The molecule has 0 radical (unpaired) electrons. The third kappa shape index (κ3) is 0.792. The number of rotatable bonds is 0. The van der Waals surface area contributed by atoms with E-state index in [1.54, 1.807) is 0 Å². The normalized spacial score (nSPS) is 57.6. The van der Waals surface area contributed by atoms with Crippen molar-refractivity contribution in [2.24, 2.45) is 0 Å². The molecule has 0 spiro atoms. The first-order valence-corrected chi connectivity index (χ1v) is 6.19. The van der Waals surface area contributed by atoms with Crippen LogP contribution in [0.4, 0.5) is 0 Å². The Labute approximate surface area is 67.7 Å². The van der Waals surface area contributed by atoms with Crippen molar-refractivity contribution < 1.29 is 4.74 Å². The Morgan fingerprint density at radius 1 is 0.900 bits per heavy atom. The van der Waals surface area contributed by atoms with Crippen molar-refractivity contribution in [1.29, 1.82) is 0 Å². The van der Waals surface area contributed by atoms with E-state index in [1.807, 2.05) is 0 Å². The zero-order valence-electron chi connectivity index (χ0n) is 5.95. The van der Waals surface area contributed by atoms with Gasteiger partial charge in [-0.1, -0.05) is 0 Å². The van der Waals surface area contributed by atoms with E-state index < -0.39 is 0 Å². The molecule has 0 aromatic carbocycles. The van der Waals surface area contributed by atoms with Crippen LogP contribution in [-0.4, -0.2) is 27.2 Å². The summed E-state index contributed by atoms with van der Waals surface area (Å²) in [6, 6.07) is 0. The molecule has 4 saturated heterocycles. The van der Waals surface area contributed by atoms with Gasteiger partial charge in [0.2, 0.25) is 0 Å². The van der Waals surface area contributed by atoms with Crippen molar-refractivity contribution in [3.8, 4) is 0 Å². The van der Waals surface area contributed by atoms with Crippen molar-refractivity contribution in [3.05, 3.63) is 0 Å². The molecule has 0 N–H and O–H groups in total. The molecule has 4 heterocycles. The van der Waals surface area contributed by atoms with E-state index in [9.17, 15) is 0 Å². The first-order chi connectivity index (χ1) is 4.90. The summed E-state index contributed by atoms with van der Waals surface area (Å²) >= 11 is 0.997. The van der Waals surface area contributed by atoms with Crippen LogP contribution in [-0.2, 0) is 4.74 Å². The van der Waals surface area contributed by atoms with Gasteiger partial charge in [-0.05, 0) is 0 Å². The Morgan fingerprint density at radius 3 is 1.80 bits per heavy atom. The van der Waals surface area contributed by atoms with E-state index >= 15 is 0 Å². The van der Waals surface area contributed by atoms with Crippen LogP contribution in [0.15, 0.2) is 0 Å². The van der Waals surface area contributed by atoms with Crippen molar-refractivity contribution in [1.82, 2.24) is 0 Å². The van der Waals surface area contributed by atoms with E-state index in [2.05, 4.69) is 0 Å². The Hall–Kier alpha value is 0.479. The van der Waals surface area contributed by atoms with Gasteiger partial charge in [-0.15, -0.1) is 0 Å². The average molecular weight is 203 g/mol. The quantitative estimate of drug-likeness (QED) is 0.543. The van der Waals surface area contributed by atoms with E-state index in [-0.39, 0.29) is 0 Å². The summed E-state index contributed by atoms with van der Waals surface area (Å²) in [6.07, 6.45) is 7.02. The van der Waals surface area contributed by atoms with Crippen molar-refractivity contribution in [2.75, 3.05) is 0 Å². The predicted molar refractivity (Wildman–Crippen MR) is 40.4 cm³/mol. The van der Waals surface area contributed by atoms with Gasteiger partial charge in [0, 0.05) is 0 Å². The molecular formula is C8H12OSe. The molecule has 0 atom stereocenters. The molecule has 0 aromatic rings. The molecule has 0 aliphatic carbocycles. The molecule has 4 bridgehead atoms. The van der Waals surface area contributed by atoms with Gasteiger partial charge in [0.15, 0.2) is 0 Å². The van der Waals surface area contributed by atoms with Gasteiger partial charge in [0.25, 0.3) is 0 Å². The van der Waals surface area contributed by atoms with Crippen LogP contribution in [0.2, 0.25) is 9.63 Å². The second-order valence-electron chi connectivity index (χ2n) is 3.70. The summed E-state index contributed by atoms with van der Waals surface area (Å²) in [5.74, 6) is 0. The summed E-state index contributed by atoms with van der Waals surface area (Å²) < 4.78 is 5.83. The zero-order valence-corrected chi connectivity index (χ0v) is 7.67. The monoisotopic (exact) mass is 204 g/mol. The first kappa shape index (κ1) is 6.05. The predicted octanol–water partition coefficient (Wildman–Crippen LogP) is 1.62. The maximum absolute atomic E-state index is 5.83. The Bertz CT molecular complexity index is 101. The molecule has 1 nitrogen and oxygen atoms in total. The molecule has 0 saturated carbocycles. The summed E-state index contributed by atoms with van der Waals surface area (Å²) in [7, 11) is 0. The van der Waals surface area contributed by atoms with Crippen LogP contribution in [0.3, 0.4) is 0 Å². The van der Waals surface area contributed by atoms with Crippen molar-refractivity contribution >= 4 is 15.0 Å². The number of hydrogen-bond donors (Lipinski definition) is 0. The van der Waals surface area contributed by atoms with E-state index in [0.717, 1.165) is 24.6 Å². The van der Waals surface area contributed by atoms with Gasteiger partial charge < -0.3 is 0 Å². The zero-order chi connectivity index (χ0) is 6.55. The maximum atomic E-state index is 5.83. The number of ether oxygens (including phenoxy) is 1. The summed E-state index contributed by atoms with van der Waals surface area (Å²) in [5.41, 5.74) is 0. The standard InChI is InChI=1S/C8H12OSe/c1-5-2-8-4-6(9-5)3-7(1)10-8/h5-8H,1-4H2. The summed E-state index contributed by atoms with van der Waals surface area (Å²) in [4.78, 5) is 2.23. The second kappa shape index (κ2) is 2.00. The van der Waals surface area contributed by atoms with Crippen LogP contribution < -0.4 is 0 Å². The minimum atomic E-state index is 0.693. The Morgan fingerprint density at radius 2 is 1.40 bits per heavy atom. The molecule has 4 aliphatic heterocycles. The van der Waals surface area contributed by atoms with E-state index in [1.165, 1.54) is 25.7 Å². The fraction of sp³-hybridized carbons (Fsp3) is 1.00. The average Bonchev–Trinajstić information content (AvgIpc) is 1.82. The van der Waals surface area contributed by atoms with Crippen LogP contribution in [0, 0.1) is 0 Å². The SMILES string of the molecule is C1C2CC3CC(CC1[Se]3)O2. The molecule has 0 unspecified atom stereocenters. The van der Waals surface area contributed by atoms with Gasteiger partial charge in [-0.25, -0.2) is 0 Å². The molecule has 4 aliphatic rings. The van der Waals surface area contributed by atoms with Crippen LogP contribution in [0.25, 0.3) is 0 Å². The molecule has 2 heteroatoms. The Kier molecular flexibility index (Phi) is 1.21. The van der Waals surface area contributed by atoms with Gasteiger partial charge in [-0.2, -0.15) is 0 Å². The topological polar surface area (TPSA) is 9.23 Å². The van der Waals surface area contributed by atoms with Crippen LogP contribution in [0.1, 0.15) is 25.7 Å². The van der Waals surface area contributed by atoms with E-state index in [0.29, 0.717) is 12.2 Å². The fourth-order valence-corrected chi connectivity index (χ4v) is 6.42. The van der Waals surface area contributed by atoms with Crippen LogP contribution in [0.5, 0.6) is 0 Å². The summed E-state index contributed by atoms with van der Waals surface area (Å²) in [6.45, 7) is 0. The Balaban J connectivity index is 1.90. The van der Waals surface area contributed by atoms with Gasteiger partial charge in [0.05, 0.1) is 0 Å². The first-order valence-electron chi connectivity index (χ1n) is 4.21. The summed E-state index contributed by atoms with van der Waals surface area (Å²) in [5, 5.41) is 0.